The summed E-state index contributed by atoms with van der Waals surface area (Å²) in [7, 11) is 1.56. The van der Waals surface area contributed by atoms with Gasteiger partial charge in [0.05, 0.1) is 13.7 Å². The Morgan fingerprint density at radius 1 is 1.22 bits per heavy atom. The molecule has 2 saturated heterocycles. The van der Waals surface area contributed by atoms with E-state index in [4.69, 9.17) is 4.74 Å². The topological polar surface area (TPSA) is 32.8 Å². The standard InChI is InChI=1S/C21H26F2N2O2/c1-27-18-9-5-8-17(10-18)12-25-14-20(22)13-24(15-21(20,23)19(25)26)11-16-6-3-2-4-7-16/h2-3,5,8-10,16H,4,6-7,11-15H2,1H3/t16-,20+,21-/m1/s1. The maximum Gasteiger partial charge on any atom is 0.265 e. The van der Waals surface area contributed by atoms with Gasteiger partial charge in [-0.3, -0.25) is 9.69 Å². The Hall–Kier alpha value is -1.95. The minimum Gasteiger partial charge on any atom is -0.497 e. The number of likely N-dealkylation sites (tertiary alicyclic amines) is 2. The zero-order chi connectivity index (χ0) is 19.1. The van der Waals surface area contributed by atoms with E-state index in [2.05, 4.69) is 12.2 Å². The highest BCUT2D eigenvalue weighted by molar-refractivity contribution is 5.90. The second kappa shape index (κ2) is 6.89. The molecule has 0 aromatic heterocycles. The van der Waals surface area contributed by atoms with Crippen molar-refractivity contribution in [2.75, 3.05) is 33.3 Å². The molecule has 0 radical (unpaired) electrons. The van der Waals surface area contributed by atoms with Gasteiger partial charge in [0.2, 0.25) is 5.67 Å². The quantitative estimate of drug-likeness (QED) is 0.741. The van der Waals surface area contributed by atoms with Crippen LogP contribution in [0.15, 0.2) is 36.4 Å². The van der Waals surface area contributed by atoms with Crippen LogP contribution >= 0.6 is 0 Å². The average Bonchev–Trinajstić information content (AvgIpc) is 3.01. The van der Waals surface area contributed by atoms with Gasteiger partial charge in [-0.05, 0) is 42.9 Å². The van der Waals surface area contributed by atoms with E-state index in [0.29, 0.717) is 18.2 Å². The van der Waals surface area contributed by atoms with Gasteiger partial charge in [0, 0.05) is 26.2 Å². The molecular weight excluding hydrogens is 350 g/mol. The van der Waals surface area contributed by atoms with Gasteiger partial charge in [-0.1, -0.05) is 24.3 Å². The molecule has 0 unspecified atom stereocenters. The molecule has 2 aliphatic heterocycles. The van der Waals surface area contributed by atoms with Crippen molar-refractivity contribution in [3.05, 3.63) is 42.0 Å². The number of fused-ring (bicyclic) bond motifs is 1. The molecule has 0 saturated carbocycles. The molecule has 3 atom stereocenters. The van der Waals surface area contributed by atoms with Crippen LogP contribution in [-0.2, 0) is 11.3 Å². The van der Waals surface area contributed by atoms with Gasteiger partial charge in [-0.2, -0.15) is 0 Å². The third-order valence-electron chi connectivity index (χ3n) is 6.10. The summed E-state index contributed by atoms with van der Waals surface area (Å²) in [6, 6.07) is 7.24. The van der Waals surface area contributed by atoms with E-state index in [0.717, 1.165) is 24.8 Å². The monoisotopic (exact) mass is 376 g/mol. The van der Waals surface area contributed by atoms with Crippen molar-refractivity contribution in [3.8, 4) is 5.75 Å². The molecule has 0 N–H and O–H groups in total. The molecule has 146 valence electrons. The van der Waals surface area contributed by atoms with Gasteiger partial charge in [-0.15, -0.1) is 0 Å². The number of benzene rings is 1. The lowest BCUT2D eigenvalue weighted by Crippen LogP contribution is -2.47. The number of hydrogen-bond donors (Lipinski definition) is 0. The van der Waals surface area contributed by atoms with Crippen LogP contribution in [0.3, 0.4) is 0 Å². The number of allylic oxidation sites excluding steroid dienone is 2. The zero-order valence-corrected chi connectivity index (χ0v) is 15.7. The van der Waals surface area contributed by atoms with Gasteiger partial charge in [0.1, 0.15) is 5.75 Å². The van der Waals surface area contributed by atoms with Crippen molar-refractivity contribution in [1.29, 1.82) is 0 Å². The number of halogens is 2. The van der Waals surface area contributed by atoms with Crippen LogP contribution in [-0.4, -0.2) is 60.3 Å². The van der Waals surface area contributed by atoms with E-state index >= 15 is 8.78 Å². The third-order valence-corrected chi connectivity index (χ3v) is 6.10. The fraction of sp³-hybridized carbons (Fsp3) is 0.571. The summed E-state index contributed by atoms with van der Waals surface area (Å²) in [5.41, 5.74) is -3.76. The summed E-state index contributed by atoms with van der Waals surface area (Å²) in [6.07, 6.45) is 7.31. The zero-order valence-electron chi connectivity index (χ0n) is 15.7. The number of methoxy groups -OCH3 is 1. The van der Waals surface area contributed by atoms with Crippen molar-refractivity contribution < 1.29 is 18.3 Å². The molecule has 6 heteroatoms. The predicted molar refractivity (Wildman–Crippen MR) is 99.0 cm³/mol. The summed E-state index contributed by atoms with van der Waals surface area (Å²) in [6.45, 7) is 0.507. The molecule has 0 bridgehead atoms. The molecule has 1 aromatic carbocycles. The summed E-state index contributed by atoms with van der Waals surface area (Å²) in [4.78, 5) is 15.9. The van der Waals surface area contributed by atoms with Crippen LogP contribution < -0.4 is 4.74 Å². The lowest BCUT2D eigenvalue weighted by molar-refractivity contribution is -0.139. The lowest BCUT2D eigenvalue weighted by Gasteiger charge is -2.26. The van der Waals surface area contributed by atoms with Crippen LogP contribution in [0.25, 0.3) is 0 Å². The molecule has 1 aliphatic carbocycles. The van der Waals surface area contributed by atoms with Crippen molar-refractivity contribution in [3.63, 3.8) is 0 Å². The minimum absolute atomic E-state index is 0.00986. The highest BCUT2D eigenvalue weighted by atomic mass is 19.2. The Kier molecular flexibility index (Phi) is 4.70. The average molecular weight is 376 g/mol. The summed E-state index contributed by atoms with van der Waals surface area (Å²) >= 11 is 0. The summed E-state index contributed by atoms with van der Waals surface area (Å²) < 4.78 is 36.2. The first-order valence-electron chi connectivity index (χ1n) is 9.61. The molecule has 1 aromatic rings. The largest absolute Gasteiger partial charge is 0.497 e. The van der Waals surface area contributed by atoms with E-state index in [1.807, 2.05) is 17.0 Å². The SMILES string of the molecule is COc1cccc(CN2C[C@@]3(F)CN(C[C@@H]4CC=CCC4)C[C@@]3(F)C2=O)c1. The molecular formula is C21H26F2N2O2. The second-order valence-electron chi connectivity index (χ2n) is 8.10. The van der Waals surface area contributed by atoms with Crippen LogP contribution in [0.4, 0.5) is 8.78 Å². The van der Waals surface area contributed by atoms with Crippen LogP contribution in [0.2, 0.25) is 0 Å². The molecule has 2 fully saturated rings. The Balaban J connectivity index is 1.44. The van der Waals surface area contributed by atoms with E-state index in [-0.39, 0.29) is 26.2 Å². The molecule has 2 heterocycles. The number of ether oxygens (including phenoxy) is 1. The Bertz CT molecular complexity index is 755. The van der Waals surface area contributed by atoms with Crippen LogP contribution in [0.1, 0.15) is 24.8 Å². The molecule has 0 spiro atoms. The van der Waals surface area contributed by atoms with Crippen LogP contribution in [0.5, 0.6) is 5.75 Å². The molecule has 1 amide bonds. The first-order chi connectivity index (χ1) is 12.9. The van der Waals surface area contributed by atoms with E-state index in [1.165, 1.54) is 4.90 Å². The Morgan fingerprint density at radius 2 is 2.07 bits per heavy atom. The highest BCUT2D eigenvalue weighted by Gasteiger charge is 2.70. The summed E-state index contributed by atoms with van der Waals surface area (Å²) in [5, 5.41) is 0. The Labute approximate surface area is 158 Å². The van der Waals surface area contributed by atoms with Gasteiger partial charge in [0.25, 0.3) is 5.91 Å². The number of nitrogens with zero attached hydrogens (tertiary/aromatic N) is 2. The smallest absolute Gasteiger partial charge is 0.265 e. The normalized spacial score (nSPS) is 33.5. The maximum atomic E-state index is 15.5. The molecule has 27 heavy (non-hydrogen) atoms. The fourth-order valence-electron chi connectivity index (χ4n) is 4.68. The number of rotatable bonds is 5. The molecule has 3 aliphatic rings. The first-order valence-corrected chi connectivity index (χ1v) is 9.61. The van der Waals surface area contributed by atoms with Crippen molar-refractivity contribution in [2.24, 2.45) is 5.92 Å². The van der Waals surface area contributed by atoms with Gasteiger partial charge in [0.15, 0.2) is 5.67 Å². The minimum atomic E-state index is -2.43. The van der Waals surface area contributed by atoms with Gasteiger partial charge >= 0.3 is 0 Å². The molecule has 4 nitrogen and oxygen atoms in total. The van der Waals surface area contributed by atoms with Crippen molar-refractivity contribution >= 4 is 5.91 Å². The molecule has 4 rings (SSSR count). The summed E-state index contributed by atoms with van der Waals surface area (Å²) in [5.74, 6) is 0.361. The van der Waals surface area contributed by atoms with Crippen molar-refractivity contribution in [1.82, 2.24) is 9.80 Å². The van der Waals surface area contributed by atoms with Crippen molar-refractivity contribution in [2.45, 2.75) is 37.1 Å². The van der Waals surface area contributed by atoms with E-state index < -0.39 is 17.2 Å². The number of alkyl halides is 2. The fourth-order valence-corrected chi connectivity index (χ4v) is 4.68. The third kappa shape index (κ3) is 3.24. The van der Waals surface area contributed by atoms with Crippen LogP contribution in [0, 0.1) is 5.92 Å². The van der Waals surface area contributed by atoms with E-state index in [9.17, 15) is 4.79 Å². The van der Waals surface area contributed by atoms with Gasteiger partial charge < -0.3 is 9.64 Å². The first kappa shape index (κ1) is 18.4. The number of amides is 1. The lowest BCUT2D eigenvalue weighted by atomic mass is 9.93. The maximum absolute atomic E-state index is 15.5. The van der Waals surface area contributed by atoms with Gasteiger partial charge in [-0.25, -0.2) is 8.78 Å². The predicted octanol–water partition coefficient (Wildman–Crippen LogP) is 3.13. The number of carbonyl (C=O) groups excluding carboxylic acids is 1. The Morgan fingerprint density at radius 3 is 2.78 bits per heavy atom. The number of hydrogen-bond acceptors (Lipinski definition) is 3. The number of carbonyl (C=O) groups is 1. The highest BCUT2D eigenvalue weighted by Crippen LogP contribution is 2.46. The second-order valence-corrected chi connectivity index (χ2v) is 8.10. The van der Waals surface area contributed by atoms with E-state index in [1.54, 1.807) is 19.2 Å².